The van der Waals surface area contributed by atoms with Gasteiger partial charge in [-0.25, -0.2) is 4.21 Å². The van der Waals surface area contributed by atoms with Crippen LogP contribution in [0.25, 0.3) is 0 Å². The number of halogens is 1. The largest absolute Gasteiger partial charge is 0.254 e. The minimum absolute atomic E-state index is 0.332. The first-order chi connectivity index (χ1) is 7.30. The van der Waals surface area contributed by atoms with Gasteiger partial charge < -0.3 is 0 Å². The molecule has 88 valence electrons. The van der Waals surface area contributed by atoms with E-state index in [-0.39, 0.29) is 4.75 Å². The van der Waals surface area contributed by atoms with Crippen LogP contribution in [0.5, 0.6) is 0 Å². The van der Waals surface area contributed by atoms with Crippen LogP contribution in [-0.4, -0.2) is 20.2 Å². The third-order valence-corrected chi connectivity index (χ3v) is 4.05. The Morgan fingerprint density at radius 3 is 2.62 bits per heavy atom. The zero-order valence-corrected chi connectivity index (χ0v) is 12.2. The summed E-state index contributed by atoms with van der Waals surface area (Å²) in [5.74, 6) is 0. The Balaban J connectivity index is 2.85. The third kappa shape index (κ3) is 3.79. The average Bonchev–Trinajstić information content (AvgIpc) is 2.18. The van der Waals surface area contributed by atoms with Crippen LogP contribution in [0.3, 0.4) is 0 Å². The van der Waals surface area contributed by atoms with E-state index in [4.69, 9.17) is 0 Å². The van der Waals surface area contributed by atoms with E-state index >= 15 is 0 Å². The van der Waals surface area contributed by atoms with Crippen LogP contribution in [0.4, 0.5) is 0 Å². The number of aryl methyl sites for hydroxylation is 1. The predicted octanol–water partition coefficient (Wildman–Crippen LogP) is 3.03. The summed E-state index contributed by atoms with van der Waals surface area (Å²) in [4.78, 5) is 4.16. The van der Waals surface area contributed by atoms with Gasteiger partial charge in [0.25, 0.3) is 0 Å². The summed E-state index contributed by atoms with van der Waals surface area (Å²) < 4.78 is 16.3. The summed E-state index contributed by atoms with van der Waals surface area (Å²) >= 11 is 3.37. The Bertz CT molecular complexity index is 438. The van der Waals surface area contributed by atoms with Crippen molar-refractivity contribution >= 4 is 33.1 Å². The average molecular weight is 303 g/mol. The minimum atomic E-state index is -1.23. The van der Waals surface area contributed by atoms with Gasteiger partial charge in [0.1, 0.15) is 11.0 Å². The fourth-order valence-corrected chi connectivity index (χ4v) is 1.63. The van der Waals surface area contributed by atoms with Crippen LogP contribution in [0.1, 0.15) is 32.0 Å². The van der Waals surface area contributed by atoms with Gasteiger partial charge in [0.05, 0.1) is 16.7 Å². The highest BCUT2D eigenvalue weighted by Crippen LogP contribution is 2.15. The predicted molar refractivity (Wildman–Crippen MR) is 72.2 cm³/mol. The van der Waals surface area contributed by atoms with Gasteiger partial charge in [-0.15, -0.1) is 0 Å². The summed E-state index contributed by atoms with van der Waals surface area (Å²) in [6.45, 7) is 7.64. The molecule has 0 N–H and O–H groups in total. The standard InChI is InChI=1S/C11H15BrN2OS/c1-8-5-9(13-7-10(8)12)6-14-16(15)11(2,3)4/h5-7H,1-4H3/b14-6+. The SMILES string of the molecule is Cc1cc(/C=N/S(=O)C(C)(C)C)ncc1Br. The second kappa shape index (κ2) is 5.19. The molecule has 0 aliphatic heterocycles. The first kappa shape index (κ1) is 13.5. The molecule has 0 bridgehead atoms. The molecule has 1 unspecified atom stereocenters. The molecule has 1 aromatic heterocycles. The van der Waals surface area contributed by atoms with Crippen LogP contribution < -0.4 is 0 Å². The van der Waals surface area contributed by atoms with Gasteiger partial charge in [-0.3, -0.25) is 4.98 Å². The zero-order chi connectivity index (χ0) is 12.3. The van der Waals surface area contributed by atoms with Crippen LogP contribution in [0, 0.1) is 6.92 Å². The Morgan fingerprint density at radius 2 is 2.12 bits per heavy atom. The van der Waals surface area contributed by atoms with Gasteiger partial charge >= 0.3 is 0 Å². The zero-order valence-electron chi connectivity index (χ0n) is 9.82. The van der Waals surface area contributed by atoms with Gasteiger partial charge in [0.15, 0.2) is 0 Å². The molecule has 0 aromatic carbocycles. The lowest BCUT2D eigenvalue weighted by Crippen LogP contribution is -2.19. The molecule has 5 heteroatoms. The first-order valence-electron chi connectivity index (χ1n) is 4.89. The monoisotopic (exact) mass is 302 g/mol. The Labute approximate surface area is 107 Å². The molecule has 1 rings (SSSR count). The lowest BCUT2D eigenvalue weighted by atomic mass is 10.2. The van der Waals surface area contributed by atoms with Crippen molar-refractivity contribution in [2.75, 3.05) is 0 Å². The maximum Gasteiger partial charge on any atom is 0.144 e. The molecule has 0 amide bonds. The lowest BCUT2D eigenvalue weighted by molar-refractivity contribution is 0.651. The molecule has 0 aliphatic rings. The molecule has 3 nitrogen and oxygen atoms in total. The molecule has 0 spiro atoms. The van der Waals surface area contributed by atoms with Gasteiger partial charge in [-0.1, -0.05) is 0 Å². The summed E-state index contributed by atoms with van der Waals surface area (Å²) in [6, 6.07) is 1.90. The summed E-state index contributed by atoms with van der Waals surface area (Å²) in [5, 5.41) is 0. The van der Waals surface area contributed by atoms with Gasteiger partial charge in [0.2, 0.25) is 0 Å². The van der Waals surface area contributed by atoms with Gasteiger partial charge in [-0.2, -0.15) is 4.40 Å². The highest BCUT2D eigenvalue weighted by molar-refractivity contribution is 9.10. The molecule has 0 radical (unpaired) electrons. The van der Waals surface area contributed by atoms with Crippen LogP contribution in [0.15, 0.2) is 21.1 Å². The minimum Gasteiger partial charge on any atom is -0.254 e. The van der Waals surface area contributed by atoms with E-state index in [1.165, 1.54) is 0 Å². The first-order valence-corrected chi connectivity index (χ1v) is 6.79. The summed E-state index contributed by atoms with van der Waals surface area (Å²) in [7, 11) is -1.23. The maximum atomic E-state index is 11.7. The van der Waals surface area contributed by atoms with E-state index in [2.05, 4.69) is 25.3 Å². The summed E-state index contributed by atoms with van der Waals surface area (Å²) in [6.07, 6.45) is 3.28. The number of rotatable bonds is 2. The highest BCUT2D eigenvalue weighted by atomic mass is 79.9. The highest BCUT2D eigenvalue weighted by Gasteiger charge is 2.18. The fraction of sp³-hybridized carbons (Fsp3) is 0.455. The normalized spacial score (nSPS) is 14.3. The molecule has 16 heavy (non-hydrogen) atoms. The second-order valence-electron chi connectivity index (χ2n) is 4.45. The Morgan fingerprint density at radius 1 is 1.50 bits per heavy atom. The Kier molecular flexibility index (Phi) is 4.38. The van der Waals surface area contributed by atoms with E-state index < -0.39 is 11.0 Å². The molecular formula is C11H15BrN2OS. The number of hydrogen-bond donors (Lipinski definition) is 0. The number of aromatic nitrogens is 1. The van der Waals surface area contributed by atoms with E-state index in [1.807, 2.05) is 33.8 Å². The molecule has 0 saturated heterocycles. The van der Waals surface area contributed by atoms with Gasteiger partial charge in [0, 0.05) is 10.7 Å². The van der Waals surface area contributed by atoms with Crippen LogP contribution >= 0.6 is 15.9 Å². The quantitative estimate of drug-likeness (QED) is 0.788. The van der Waals surface area contributed by atoms with Crippen molar-refractivity contribution in [2.45, 2.75) is 32.4 Å². The van der Waals surface area contributed by atoms with Crippen molar-refractivity contribution in [2.24, 2.45) is 4.40 Å². The molecule has 0 fully saturated rings. The summed E-state index contributed by atoms with van der Waals surface area (Å²) in [5.41, 5.74) is 1.80. The molecule has 1 atom stereocenters. The molecule has 0 aliphatic carbocycles. The third-order valence-electron chi connectivity index (χ3n) is 1.87. The number of pyridine rings is 1. The van der Waals surface area contributed by atoms with Crippen molar-refractivity contribution in [3.63, 3.8) is 0 Å². The lowest BCUT2D eigenvalue weighted by Gasteiger charge is -2.12. The van der Waals surface area contributed by atoms with Crippen molar-refractivity contribution in [1.82, 2.24) is 4.98 Å². The molecular weight excluding hydrogens is 288 g/mol. The van der Waals surface area contributed by atoms with Crippen molar-refractivity contribution in [1.29, 1.82) is 0 Å². The second-order valence-corrected chi connectivity index (χ2v) is 7.24. The van der Waals surface area contributed by atoms with E-state index in [9.17, 15) is 4.21 Å². The van der Waals surface area contributed by atoms with E-state index in [1.54, 1.807) is 12.4 Å². The fourth-order valence-electron chi connectivity index (χ4n) is 0.892. The smallest absolute Gasteiger partial charge is 0.144 e. The van der Waals surface area contributed by atoms with E-state index in [0.717, 1.165) is 15.7 Å². The van der Waals surface area contributed by atoms with Crippen molar-refractivity contribution in [3.8, 4) is 0 Å². The molecule has 1 aromatic rings. The Hall–Kier alpha value is -0.550. The number of hydrogen-bond acceptors (Lipinski definition) is 2. The van der Waals surface area contributed by atoms with Crippen molar-refractivity contribution < 1.29 is 4.21 Å². The van der Waals surface area contributed by atoms with Crippen LogP contribution in [-0.2, 0) is 11.0 Å². The van der Waals surface area contributed by atoms with Crippen LogP contribution in [0.2, 0.25) is 0 Å². The van der Waals surface area contributed by atoms with Gasteiger partial charge in [-0.05, 0) is 55.3 Å². The van der Waals surface area contributed by atoms with Crippen molar-refractivity contribution in [3.05, 3.63) is 28.0 Å². The number of nitrogens with zero attached hydrogens (tertiary/aromatic N) is 2. The maximum absolute atomic E-state index is 11.7. The molecule has 1 heterocycles. The molecule has 0 saturated carbocycles. The van der Waals surface area contributed by atoms with E-state index in [0.29, 0.717) is 0 Å². The topological polar surface area (TPSA) is 42.3 Å².